The molecule has 0 unspecified atom stereocenters. The van der Waals surface area contributed by atoms with E-state index in [9.17, 15) is 4.79 Å². The molecule has 0 saturated carbocycles. The quantitative estimate of drug-likeness (QED) is 0.0474. The summed E-state index contributed by atoms with van der Waals surface area (Å²) in [5, 5.41) is 0. The summed E-state index contributed by atoms with van der Waals surface area (Å²) in [6.07, 6.45) is 58.1. The molecule has 0 aliphatic carbocycles. The van der Waals surface area contributed by atoms with Crippen LogP contribution in [0, 0.1) is 0 Å². The molecule has 0 spiro atoms. The lowest BCUT2D eigenvalue weighted by molar-refractivity contribution is -0.143. The molecule has 0 atom stereocenters. The van der Waals surface area contributed by atoms with Crippen LogP contribution >= 0.6 is 0 Å². The third kappa shape index (κ3) is 43.5. The second-order valence-corrected chi connectivity index (χ2v) is 15.8. The van der Waals surface area contributed by atoms with E-state index in [2.05, 4.69) is 13.8 Å². The molecule has 0 radical (unpaired) electrons. The average Bonchev–Trinajstić information content (AvgIpc) is 3.09. The second kappa shape index (κ2) is 44.5. The summed E-state index contributed by atoms with van der Waals surface area (Å²) in [5.41, 5.74) is 0. The lowest BCUT2D eigenvalue weighted by atomic mass is 10.0. The van der Waals surface area contributed by atoms with E-state index in [-0.39, 0.29) is 5.97 Å². The maximum atomic E-state index is 11.9. The van der Waals surface area contributed by atoms with Crippen molar-refractivity contribution in [1.29, 1.82) is 0 Å². The fourth-order valence-electron chi connectivity index (χ4n) is 7.32. The summed E-state index contributed by atoms with van der Waals surface area (Å²) in [6, 6.07) is 0. The Morgan fingerprint density at radius 1 is 0.271 bits per heavy atom. The van der Waals surface area contributed by atoms with Crippen LogP contribution in [0.3, 0.4) is 0 Å². The molecule has 0 aromatic rings. The first-order chi connectivity index (χ1) is 23.8. The highest BCUT2D eigenvalue weighted by molar-refractivity contribution is 5.69. The van der Waals surface area contributed by atoms with Gasteiger partial charge in [0.2, 0.25) is 0 Å². The van der Waals surface area contributed by atoms with Crippen LogP contribution < -0.4 is 0 Å². The van der Waals surface area contributed by atoms with Crippen molar-refractivity contribution in [2.45, 2.75) is 284 Å². The third-order valence-corrected chi connectivity index (χ3v) is 10.7. The predicted octanol–water partition coefficient (Wildman–Crippen LogP) is 17.0. The normalized spacial score (nSPS) is 11.5. The van der Waals surface area contributed by atoms with Gasteiger partial charge in [-0.1, -0.05) is 264 Å². The molecule has 0 rings (SSSR count). The van der Waals surface area contributed by atoms with Gasteiger partial charge in [-0.3, -0.25) is 4.79 Å². The van der Waals surface area contributed by atoms with Gasteiger partial charge in [-0.15, -0.1) is 0 Å². The Kier molecular flexibility index (Phi) is 44.0. The number of ether oxygens (including phenoxy) is 1. The first-order valence-corrected chi connectivity index (χ1v) is 23.0. The molecule has 0 amide bonds. The predicted molar refractivity (Wildman–Crippen MR) is 216 cm³/mol. The van der Waals surface area contributed by atoms with Crippen molar-refractivity contribution in [1.82, 2.24) is 0 Å². The van der Waals surface area contributed by atoms with Crippen molar-refractivity contribution in [3.63, 3.8) is 0 Å². The molecule has 0 bridgehead atoms. The molecular formula is C46H92O2. The van der Waals surface area contributed by atoms with Gasteiger partial charge in [-0.2, -0.15) is 0 Å². The molecule has 288 valence electrons. The van der Waals surface area contributed by atoms with E-state index in [1.54, 1.807) is 0 Å². The summed E-state index contributed by atoms with van der Waals surface area (Å²) < 4.78 is 5.44. The molecule has 0 aromatic carbocycles. The van der Waals surface area contributed by atoms with Crippen LogP contribution in [0.1, 0.15) is 284 Å². The maximum Gasteiger partial charge on any atom is 0.305 e. The SMILES string of the molecule is CCCCCCCCCCCCCCCCCCCCCCCCCCCCCCCCCCOC(=O)CCCCCCCCCCC. The Bertz CT molecular complexity index is 572. The zero-order valence-electron chi connectivity index (χ0n) is 33.7. The van der Waals surface area contributed by atoms with Gasteiger partial charge < -0.3 is 4.74 Å². The Hall–Kier alpha value is -0.530. The summed E-state index contributed by atoms with van der Waals surface area (Å²) in [4.78, 5) is 11.9. The first kappa shape index (κ1) is 47.5. The summed E-state index contributed by atoms with van der Waals surface area (Å²) in [7, 11) is 0. The highest BCUT2D eigenvalue weighted by atomic mass is 16.5. The maximum absolute atomic E-state index is 11.9. The van der Waals surface area contributed by atoms with E-state index in [1.165, 1.54) is 250 Å². The fourth-order valence-corrected chi connectivity index (χ4v) is 7.32. The van der Waals surface area contributed by atoms with Gasteiger partial charge in [0.25, 0.3) is 0 Å². The van der Waals surface area contributed by atoms with Gasteiger partial charge in [-0.05, 0) is 12.8 Å². The van der Waals surface area contributed by atoms with Gasteiger partial charge in [0.1, 0.15) is 0 Å². The molecule has 0 aromatic heterocycles. The molecule has 0 heterocycles. The van der Waals surface area contributed by atoms with Crippen LogP contribution in [0.25, 0.3) is 0 Å². The number of hydrogen-bond donors (Lipinski definition) is 0. The van der Waals surface area contributed by atoms with Crippen LogP contribution in [0.4, 0.5) is 0 Å². The van der Waals surface area contributed by atoms with Crippen LogP contribution in [-0.4, -0.2) is 12.6 Å². The van der Waals surface area contributed by atoms with E-state index < -0.39 is 0 Å². The summed E-state index contributed by atoms with van der Waals surface area (Å²) in [6.45, 7) is 5.21. The smallest absolute Gasteiger partial charge is 0.305 e. The Labute approximate surface area is 304 Å². The van der Waals surface area contributed by atoms with Gasteiger partial charge in [0.05, 0.1) is 6.61 Å². The summed E-state index contributed by atoms with van der Waals surface area (Å²) >= 11 is 0. The van der Waals surface area contributed by atoms with Crippen molar-refractivity contribution in [3.05, 3.63) is 0 Å². The minimum atomic E-state index is 0.0266. The van der Waals surface area contributed by atoms with Gasteiger partial charge in [0.15, 0.2) is 0 Å². The van der Waals surface area contributed by atoms with Crippen molar-refractivity contribution in [2.24, 2.45) is 0 Å². The molecule has 0 saturated heterocycles. The molecule has 2 heteroatoms. The number of carbonyl (C=O) groups is 1. The number of hydrogen-bond acceptors (Lipinski definition) is 2. The topological polar surface area (TPSA) is 26.3 Å². The number of rotatable bonds is 43. The Balaban J connectivity index is 3.10. The van der Waals surface area contributed by atoms with Crippen LogP contribution in [0.15, 0.2) is 0 Å². The van der Waals surface area contributed by atoms with Crippen LogP contribution in [0.2, 0.25) is 0 Å². The Morgan fingerprint density at radius 3 is 0.688 bits per heavy atom. The fraction of sp³-hybridized carbons (Fsp3) is 0.978. The largest absolute Gasteiger partial charge is 0.466 e. The number of esters is 1. The van der Waals surface area contributed by atoms with E-state index in [0.717, 1.165) is 12.8 Å². The molecule has 0 aliphatic rings. The first-order valence-electron chi connectivity index (χ1n) is 23.0. The van der Waals surface area contributed by atoms with Crippen LogP contribution in [-0.2, 0) is 9.53 Å². The van der Waals surface area contributed by atoms with Gasteiger partial charge in [-0.25, -0.2) is 0 Å². The molecular weight excluding hydrogens is 585 g/mol. The molecule has 0 N–H and O–H groups in total. The number of carbonyl (C=O) groups excluding carboxylic acids is 1. The second-order valence-electron chi connectivity index (χ2n) is 15.8. The average molecular weight is 677 g/mol. The lowest BCUT2D eigenvalue weighted by Crippen LogP contribution is -2.05. The van der Waals surface area contributed by atoms with E-state index in [1.807, 2.05) is 0 Å². The zero-order valence-corrected chi connectivity index (χ0v) is 33.7. The summed E-state index contributed by atoms with van der Waals surface area (Å²) in [5.74, 6) is 0.0266. The molecule has 2 nitrogen and oxygen atoms in total. The zero-order chi connectivity index (χ0) is 34.7. The van der Waals surface area contributed by atoms with Crippen LogP contribution in [0.5, 0.6) is 0 Å². The van der Waals surface area contributed by atoms with Gasteiger partial charge >= 0.3 is 5.97 Å². The monoisotopic (exact) mass is 677 g/mol. The highest BCUT2D eigenvalue weighted by Gasteiger charge is 2.03. The van der Waals surface area contributed by atoms with Crippen molar-refractivity contribution >= 4 is 5.97 Å². The standard InChI is InChI=1S/C46H92O2/c1-3-5-7-9-11-13-14-15-16-17-18-19-20-21-22-23-24-25-26-27-28-29-30-31-32-33-34-35-37-39-41-43-45-48-46(47)44-42-40-38-36-12-10-8-6-4-2/h3-45H2,1-2H3. The molecule has 48 heavy (non-hydrogen) atoms. The molecule has 0 aliphatic heterocycles. The van der Waals surface area contributed by atoms with E-state index in [4.69, 9.17) is 4.74 Å². The lowest BCUT2D eigenvalue weighted by Gasteiger charge is -2.06. The van der Waals surface area contributed by atoms with E-state index in [0.29, 0.717) is 13.0 Å². The highest BCUT2D eigenvalue weighted by Crippen LogP contribution is 2.17. The molecule has 0 fully saturated rings. The van der Waals surface area contributed by atoms with Crippen molar-refractivity contribution < 1.29 is 9.53 Å². The van der Waals surface area contributed by atoms with E-state index >= 15 is 0 Å². The van der Waals surface area contributed by atoms with Gasteiger partial charge in [0, 0.05) is 6.42 Å². The third-order valence-electron chi connectivity index (χ3n) is 10.7. The van der Waals surface area contributed by atoms with Crippen molar-refractivity contribution in [3.8, 4) is 0 Å². The number of unbranched alkanes of at least 4 members (excludes halogenated alkanes) is 39. The Morgan fingerprint density at radius 2 is 0.458 bits per heavy atom. The minimum absolute atomic E-state index is 0.0266. The minimum Gasteiger partial charge on any atom is -0.466 e. The van der Waals surface area contributed by atoms with Crippen molar-refractivity contribution in [2.75, 3.05) is 6.61 Å².